The third kappa shape index (κ3) is 10.3. The maximum Gasteiger partial charge on any atom is 0.293 e. The van der Waals surface area contributed by atoms with E-state index in [0.29, 0.717) is 25.5 Å². The Morgan fingerprint density at radius 2 is 2.00 bits per heavy atom. The summed E-state index contributed by atoms with van der Waals surface area (Å²) in [5.74, 6) is 0.201. The number of carbonyl (C=O) groups excluding carboxylic acids is 3. The van der Waals surface area contributed by atoms with Crippen LogP contribution in [0.4, 0.5) is 0 Å². The van der Waals surface area contributed by atoms with Crippen molar-refractivity contribution in [2.75, 3.05) is 25.5 Å². The highest BCUT2D eigenvalue weighted by Crippen LogP contribution is 2.23. The lowest BCUT2D eigenvalue weighted by atomic mass is 10.2. The number of allylic oxidation sites excluding steroid dienone is 1. The number of carbonyl (C=O) groups is 3. The van der Waals surface area contributed by atoms with Crippen molar-refractivity contribution < 1.29 is 19.1 Å². The summed E-state index contributed by atoms with van der Waals surface area (Å²) in [6.45, 7) is 13.1. The van der Waals surface area contributed by atoms with Gasteiger partial charge < -0.3 is 15.0 Å². The molecule has 1 saturated carbocycles. The van der Waals surface area contributed by atoms with Gasteiger partial charge in [0.15, 0.2) is 0 Å². The van der Waals surface area contributed by atoms with Crippen LogP contribution in [-0.2, 0) is 19.1 Å². The Kier molecular flexibility index (Phi) is 14.6. The van der Waals surface area contributed by atoms with Gasteiger partial charge in [-0.1, -0.05) is 6.08 Å². The van der Waals surface area contributed by atoms with Gasteiger partial charge in [0, 0.05) is 19.0 Å². The standard InChI is InChI=1S/C14H23N2O2P.C3H6O2.C2H4/c1-2-9-19-10-7-13(17)16-8-3-4-12(16)14(18)15-11-5-6-11;1-2-5-3-4;1-2/h2,11-12,19H,1,3-10H2,(H,15,18);3H,2H2,1H3;1-2H2/t12-;;/m0../s1. The van der Waals surface area contributed by atoms with Crippen molar-refractivity contribution in [1.29, 1.82) is 0 Å². The predicted octanol–water partition coefficient (Wildman–Crippen LogP) is 2.49. The number of nitrogens with zero attached hydrogens (tertiary/aromatic N) is 1. The first kappa shape index (κ1) is 24.3. The van der Waals surface area contributed by atoms with Crippen molar-refractivity contribution in [2.45, 2.75) is 51.1 Å². The van der Waals surface area contributed by atoms with Gasteiger partial charge >= 0.3 is 0 Å². The minimum Gasteiger partial charge on any atom is -0.468 e. The number of nitrogens with one attached hydrogen (secondary N) is 1. The van der Waals surface area contributed by atoms with Crippen molar-refractivity contribution in [3.05, 3.63) is 25.8 Å². The van der Waals surface area contributed by atoms with E-state index in [4.69, 9.17) is 0 Å². The molecule has 2 amide bonds. The van der Waals surface area contributed by atoms with E-state index in [1.807, 2.05) is 6.08 Å². The van der Waals surface area contributed by atoms with E-state index in [9.17, 15) is 14.4 Å². The Morgan fingerprint density at radius 1 is 1.31 bits per heavy atom. The number of hydrogen-bond donors (Lipinski definition) is 1. The van der Waals surface area contributed by atoms with Crippen molar-refractivity contribution in [3.8, 4) is 0 Å². The van der Waals surface area contributed by atoms with Gasteiger partial charge in [0.1, 0.15) is 6.04 Å². The van der Waals surface area contributed by atoms with E-state index in [2.05, 4.69) is 29.8 Å². The number of ether oxygens (including phenoxy) is 1. The fraction of sp³-hybridized carbons (Fsp3) is 0.632. The molecule has 1 aliphatic heterocycles. The van der Waals surface area contributed by atoms with Crippen LogP contribution in [0.1, 0.15) is 39.0 Å². The summed E-state index contributed by atoms with van der Waals surface area (Å²) >= 11 is 0. The van der Waals surface area contributed by atoms with Gasteiger partial charge in [-0.15, -0.1) is 28.3 Å². The summed E-state index contributed by atoms with van der Waals surface area (Å²) in [6.07, 6.45) is 8.31. The van der Waals surface area contributed by atoms with Crippen LogP contribution in [0.2, 0.25) is 0 Å². The van der Waals surface area contributed by atoms with Crippen LogP contribution < -0.4 is 5.32 Å². The molecule has 1 N–H and O–H groups in total. The third-order valence-corrected chi connectivity index (χ3v) is 5.02. The SMILES string of the molecule is C=C.C=CCPCCC(=O)N1CCC[C@H]1C(=O)NC1CC1.CCOC=O. The first-order valence-electron chi connectivity index (χ1n) is 9.10. The molecular weight excluding hydrogens is 351 g/mol. The second kappa shape index (κ2) is 15.6. The van der Waals surface area contributed by atoms with Crippen LogP contribution in [0.25, 0.3) is 0 Å². The molecule has 0 aromatic heterocycles. The monoisotopic (exact) mass is 384 g/mol. The second-order valence-corrected chi connectivity index (χ2v) is 7.23. The lowest BCUT2D eigenvalue weighted by Gasteiger charge is -2.24. The molecule has 2 fully saturated rings. The molecule has 1 saturated heterocycles. The molecule has 0 aromatic carbocycles. The smallest absolute Gasteiger partial charge is 0.293 e. The van der Waals surface area contributed by atoms with E-state index in [1.54, 1.807) is 11.8 Å². The highest BCUT2D eigenvalue weighted by atomic mass is 31.1. The van der Waals surface area contributed by atoms with Gasteiger partial charge in [0.05, 0.1) is 6.61 Å². The van der Waals surface area contributed by atoms with Crippen molar-refractivity contribution in [1.82, 2.24) is 10.2 Å². The van der Waals surface area contributed by atoms with Crippen LogP contribution >= 0.6 is 8.58 Å². The number of amides is 2. The average molecular weight is 384 g/mol. The van der Waals surface area contributed by atoms with Crippen LogP contribution in [0.15, 0.2) is 25.8 Å². The van der Waals surface area contributed by atoms with Gasteiger partial charge in [-0.3, -0.25) is 14.4 Å². The summed E-state index contributed by atoms with van der Waals surface area (Å²) in [5.41, 5.74) is 0. The minimum atomic E-state index is -0.212. The van der Waals surface area contributed by atoms with E-state index < -0.39 is 0 Å². The van der Waals surface area contributed by atoms with Crippen LogP contribution in [0, 0.1) is 0 Å². The van der Waals surface area contributed by atoms with Gasteiger partial charge in [-0.2, -0.15) is 0 Å². The molecule has 1 heterocycles. The normalized spacial score (nSPS) is 18.2. The zero-order valence-electron chi connectivity index (χ0n) is 15.9. The molecule has 0 radical (unpaired) electrons. The Morgan fingerprint density at radius 3 is 2.50 bits per heavy atom. The first-order valence-corrected chi connectivity index (χ1v) is 10.5. The number of likely N-dealkylation sites (tertiary alicyclic amines) is 1. The van der Waals surface area contributed by atoms with E-state index in [1.165, 1.54) is 0 Å². The van der Waals surface area contributed by atoms with E-state index in [-0.39, 0.29) is 17.9 Å². The summed E-state index contributed by atoms with van der Waals surface area (Å²) in [6, 6.07) is 0.162. The van der Waals surface area contributed by atoms with E-state index >= 15 is 0 Å². The molecule has 2 rings (SSSR count). The summed E-state index contributed by atoms with van der Waals surface area (Å²) < 4.78 is 4.15. The van der Waals surface area contributed by atoms with Gasteiger partial charge in [0.2, 0.25) is 11.8 Å². The first-order chi connectivity index (χ1) is 12.6. The third-order valence-electron chi connectivity index (χ3n) is 3.84. The largest absolute Gasteiger partial charge is 0.468 e. The molecule has 6 nitrogen and oxygen atoms in total. The molecule has 0 spiro atoms. The number of rotatable bonds is 9. The minimum absolute atomic E-state index is 0.0573. The average Bonchev–Trinajstić information content (AvgIpc) is 3.33. The fourth-order valence-electron chi connectivity index (χ4n) is 2.47. The molecule has 7 heteroatoms. The zero-order chi connectivity index (χ0) is 19.8. The van der Waals surface area contributed by atoms with Gasteiger partial charge in [-0.05, 0) is 44.9 Å². The highest BCUT2D eigenvalue weighted by Gasteiger charge is 2.35. The molecule has 2 aliphatic rings. The molecule has 0 bridgehead atoms. The molecule has 1 unspecified atom stereocenters. The molecule has 1 aliphatic carbocycles. The quantitative estimate of drug-likeness (QED) is 0.287. The fourth-order valence-corrected chi connectivity index (χ4v) is 3.27. The highest BCUT2D eigenvalue weighted by molar-refractivity contribution is 7.38. The molecule has 26 heavy (non-hydrogen) atoms. The summed E-state index contributed by atoms with van der Waals surface area (Å²) in [5, 5.41) is 3.01. The summed E-state index contributed by atoms with van der Waals surface area (Å²) in [7, 11) is 0.768. The second-order valence-electron chi connectivity index (χ2n) is 5.82. The van der Waals surface area contributed by atoms with Crippen LogP contribution in [-0.4, -0.2) is 60.7 Å². The van der Waals surface area contributed by atoms with Crippen LogP contribution in [0.5, 0.6) is 0 Å². The van der Waals surface area contributed by atoms with Crippen molar-refractivity contribution in [2.24, 2.45) is 0 Å². The maximum absolute atomic E-state index is 12.1. The molecule has 148 valence electrons. The van der Waals surface area contributed by atoms with Crippen molar-refractivity contribution in [3.63, 3.8) is 0 Å². The Bertz CT molecular complexity index is 441. The van der Waals surface area contributed by atoms with Crippen LogP contribution in [0.3, 0.4) is 0 Å². The number of hydrogen-bond acceptors (Lipinski definition) is 4. The maximum atomic E-state index is 12.1. The van der Waals surface area contributed by atoms with Crippen molar-refractivity contribution >= 4 is 26.9 Å². The topological polar surface area (TPSA) is 75.7 Å². The summed E-state index contributed by atoms with van der Waals surface area (Å²) in [4.78, 5) is 35.2. The lowest BCUT2D eigenvalue weighted by molar-refractivity contribution is -0.138. The lowest BCUT2D eigenvalue weighted by Crippen LogP contribution is -2.46. The zero-order valence-corrected chi connectivity index (χ0v) is 16.9. The Labute approximate surface area is 159 Å². The molecule has 2 atom stereocenters. The molecular formula is C19H33N2O4P. The Balaban J connectivity index is 0.000000772. The Hall–Kier alpha value is -1.68. The van der Waals surface area contributed by atoms with E-state index in [0.717, 1.165) is 53.1 Å². The van der Waals surface area contributed by atoms with Gasteiger partial charge in [-0.25, -0.2) is 0 Å². The molecule has 0 aromatic rings. The van der Waals surface area contributed by atoms with Gasteiger partial charge in [0.25, 0.3) is 6.47 Å². The predicted molar refractivity (Wildman–Crippen MR) is 108 cm³/mol.